The Bertz CT molecular complexity index is 838. The molecule has 6 heteroatoms. The summed E-state index contributed by atoms with van der Waals surface area (Å²) >= 11 is 8.50. The number of imidazole rings is 1. The third-order valence-corrected chi connectivity index (χ3v) is 3.86. The van der Waals surface area contributed by atoms with Gasteiger partial charge in [-0.05, 0) is 58.8 Å². The van der Waals surface area contributed by atoms with Crippen LogP contribution >= 0.6 is 28.1 Å². The molecule has 0 atom stereocenters. The standard InChI is InChI=1S/C13H9BrFN3S/c1-7-4-8(14)9(15)5-12(7)18-11-2-3-16-6-10(11)17-13(18)19/h2-6H,1H3,(H,17,19). The van der Waals surface area contributed by atoms with Crippen LogP contribution in [0.15, 0.2) is 35.1 Å². The quantitative estimate of drug-likeness (QED) is 0.672. The van der Waals surface area contributed by atoms with Gasteiger partial charge in [0, 0.05) is 6.20 Å². The fourth-order valence-electron chi connectivity index (χ4n) is 2.07. The molecule has 0 radical (unpaired) electrons. The van der Waals surface area contributed by atoms with Crippen molar-refractivity contribution >= 4 is 39.2 Å². The van der Waals surface area contributed by atoms with Crippen molar-refractivity contribution in [2.24, 2.45) is 0 Å². The van der Waals surface area contributed by atoms with Crippen molar-refractivity contribution in [3.8, 4) is 5.69 Å². The van der Waals surface area contributed by atoms with E-state index < -0.39 is 0 Å². The molecule has 1 N–H and O–H groups in total. The molecule has 0 aliphatic rings. The minimum atomic E-state index is -0.314. The molecule has 0 saturated heterocycles. The van der Waals surface area contributed by atoms with Gasteiger partial charge in [0.05, 0.1) is 27.4 Å². The number of fused-ring (bicyclic) bond motifs is 1. The molecule has 0 aliphatic carbocycles. The number of hydrogen-bond donors (Lipinski definition) is 1. The lowest BCUT2D eigenvalue weighted by Gasteiger charge is -2.09. The van der Waals surface area contributed by atoms with E-state index in [0.29, 0.717) is 9.24 Å². The molecule has 0 unspecified atom stereocenters. The summed E-state index contributed by atoms with van der Waals surface area (Å²) in [6, 6.07) is 5.07. The number of nitrogens with zero attached hydrogens (tertiary/aromatic N) is 2. The van der Waals surface area contributed by atoms with E-state index in [1.54, 1.807) is 18.5 Å². The van der Waals surface area contributed by atoms with E-state index in [1.165, 1.54) is 6.07 Å². The average Bonchev–Trinajstić information content (AvgIpc) is 2.70. The Labute approximate surface area is 122 Å². The van der Waals surface area contributed by atoms with E-state index in [4.69, 9.17) is 12.2 Å². The van der Waals surface area contributed by atoms with Crippen molar-refractivity contribution in [1.29, 1.82) is 0 Å². The Morgan fingerprint density at radius 3 is 3.00 bits per heavy atom. The van der Waals surface area contributed by atoms with Gasteiger partial charge in [0.15, 0.2) is 4.77 Å². The Morgan fingerprint density at radius 2 is 2.21 bits per heavy atom. The maximum Gasteiger partial charge on any atom is 0.182 e. The van der Waals surface area contributed by atoms with Crippen LogP contribution < -0.4 is 0 Å². The average molecular weight is 338 g/mol. The van der Waals surface area contributed by atoms with Crippen LogP contribution in [0.1, 0.15) is 5.56 Å². The van der Waals surface area contributed by atoms with Gasteiger partial charge in [-0.25, -0.2) is 4.39 Å². The summed E-state index contributed by atoms with van der Waals surface area (Å²) in [6.07, 6.45) is 3.39. The summed E-state index contributed by atoms with van der Waals surface area (Å²) in [7, 11) is 0. The van der Waals surface area contributed by atoms with E-state index >= 15 is 0 Å². The van der Waals surface area contributed by atoms with Gasteiger partial charge in [0.1, 0.15) is 5.82 Å². The molecule has 2 heterocycles. The molecule has 2 aromatic heterocycles. The number of rotatable bonds is 1. The molecule has 3 aromatic rings. The van der Waals surface area contributed by atoms with Crippen LogP contribution in [0.3, 0.4) is 0 Å². The van der Waals surface area contributed by atoms with Gasteiger partial charge >= 0.3 is 0 Å². The summed E-state index contributed by atoms with van der Waals surface area (Å²) in [4.78, 5) is 7.11. The van der Waals surface area contributed by atoms with Gasteiger partial charge in [0.2, 0.25) is 0 Å². The second kappa shape index (κ2) is 4.54. The third kappa shape index (κ3) is 2.01. The van der Waals surface area contributed by atoms with E-state index in [-0.39, 0.29) is 5.82 Å². The first-order chi connectivity index (χ1) is 9.08. The van der Waals surface area contributed by atoms with E-state index in [1.807, 2.05) is 17.6 Å². The zero-order valence-corrected chi connectivity index (χ0v) is 12.3. The van der Waals surface area contributed by atoms with Crippen LogP contribution in [-0.2, 0) is 0 Å². The molecule has 3 rings (SSSR count). The first kappa shape index (κ1) is 12.5. The number of hydrogen-bond acceptors (Lipinski definition) is 2. The topological polar surface area (TPSA) is 33.6 Å². The number of aromatic amines is 1. The number of pyridine rings is 1. The lowest BCUT2D eigenvalue weighted by Crippen LogP contribution is -1.98. The molecular formula is C13H9BrFN3S. The summed E-state index contributed by atoms with van der Waals surface area (Å²) in [5.41, 5.74) is 3.37. The first-order valence-electron chi connectivity index (χ1n) is 5.58. The number of halogens is 2. The fourth-order valence-corrected chi connectivity index (χ4v) is 2.84. The van der Waals surface area contributed by atoms with Crippen LogP contribution in [0, 0.1) is 17.5 Å². The summed E-state index contributed by atoms with van der Waals surface area (Å²) in [5.74, 6) is -0.314. The normalized spacial score (nSPS) is 11.1. The smallest absolute Gasteiger partial charge is 0.182 e. The van der Waals surface area contributed by atoms with Crippen LogP contribution in [0.5, 0.6) is 0 Å². The maximum absolute atomic E-state index is 13.8. The number of aromatic nitrogens is 3. The minimum Gasteiger partial charge on any atom is -0.329 e. The van der Waals surface area contributed by atoms with Crippen molar-refractivity contribution < 1.29 is 4.39 Å². The van der Waals surface area contributed by atoms with Crippen molar-refractivity contribution in [3.05, 3.63) is 51.2 Å². The summed E-state index contributed by atoms with van der Waals surface area (Å²) in [6.45, 7) is 1.92. The minimum absolute atomic E-state index is 0.314. The maximum atomic E-state index is 13.8. The Morgan fingerprint density at radius 1 is 1.42 bits per heavy atom. The number of benzene rings is 1. The Balaban J connectivity index is 2.40. The highest BCUT2D eigenvalue weighted by Gasteiger charge is 2.11. The second-order valence-corrected chi connectivity index (χ2v) is 5.45. The second-order valence-electron chi connectivity index (χ2n) is 4.21. The van der Waals surface area contributed by atoms with Gasteiger partial charge in [-0.3, -0.25) is 9.55 Å². The highest BCUT2D eigenvalue weighted by atomic mass is 79.9. The zero-order chi connectivity index (χ0) is 13.6. The van der Waals surface area contributed by atoms with Crippen LogP contribution in [0.25, 0.3) is 16.7 Å². The molecule has 0 saturated carbocycles. The van der Waals surface area contributed by atoms with Crippen LogP contribution in [0.2, 0.25) is 0 Å². The molecule has 3 nitrogen and oxygen atoms in total. The largest absolute Gasteiger partial charge is 0.329 e. The summed E-state index contributed by atoms with van der Waals surface area (Å²) < 4.78 is 16.6. The van der Waals surface area contributed by atoms with E-state index in [2.05, 4.69) is 25.9 Å². The molecule has 96 valence electrons. The zero-order valence-electron chi connectivity index (χ0n) is 9.95. The van der Waals surface area contributed by atoms with Gasteiger partial charge in [-0.1, -0.05) is 0 Å². The SMILES string of the molecule is Cc1cc(Br)c(F)cc1-n1c(=S)[nH]c2cnccc21. The number of aryl methyl sites for hydroxylation is 1. The Kier molecular flexibility index (Phi) is 2.99. The lowest BCUT2D eigenvalue weighted by molar-refractivity contribution is 0.619. The molecule has 1 aromatic carbocycles. The lowest BCUT2D eigenvalue weighted by atomic mass is 10.2. The van der Waals surface area contributed by atoms with E-state index in [0.717, 1.165) is 22.3 Å². The van der Waals surface area contributed by atoms with Crippen molar-refractivity contribution in [2.75, 3.05) is 0 Å². The van der Waals surface area contributed by atoms with Gasteiger partial charge in [-0.2, -0.15) is 0 Å². The van der Waals surface area contributed by atoms with Crippen LogP contribution in [0.4, 0.5) is 4.39 Å². The summed E-state index contributed by atoms with van der Waals surface area (Å²) in [5, 5.41) is 0. The number of nitrogens with one attached hydrogen (secondary N) is 1. The molecule has 19 heavy (non-hydrogen) atoms. The fraction of sp³-hybridized carbons (Fsp3) is 0.0769. The molecule has 0 spiro atoms. The molecule has 0 amide bonds. The number of H-pyrrole nitrogens is 1. The van der Waals surface area contributed by atoms with Crippen molar-refractivity contribution in [2.45, 2.75) is 6.92 Å². The van der Waals surface area contributed by atoms with Gasteiger partial charge in [-0.15, -0.1) is 0 Å². The van der Waals surface area contributed by atoms with Crippen molar-refractivity contribution in [1.82, 2.24) is 14.5 Å². The highest BCUT2D eigenvalue weighted by molar-refractivity contribution is 9.10. The molecular weight excluding hydrogens is 329 g/mol. The monoisotopic (exact) mass is 337 g/mol. The van der Waals surface area contributed by atoms with Crippen LogP contribution in [-0.4, -0.2) is 14.5 Å². The molecule has 0 aliphatic heterocycles. The van der Waals surface area contributed by atoms with Gasteiger partial charge in [0.25, 0.3) is 0 Å². The predicted octanol–water partition coefficient (Wildman–Crippen LogP) is 4.29. The molecule has 0 fully saturated rings. The highest BCUT2D eigenvalue weighted by Crippen LogP contribution is 2.26. The first-order valence-corrected chi connectivity index (χ1v) is 6.79. The van der Waals surface area contributed by atoms with E-state index in [9.17, 15) is 4.39 Å². The Hall–Kier alpha value is -1.53. The molecule has 0 bridgehead atoms. The van der Waals surface area contributed by atoms with Crippen molar-refractivity contribution in [3.63, 3.8) is 0 Å². The predicted molar refractivity (Wildman–Crippen MR) is 78.6 cm³/mol. The van der Waals surface area contributed by atoms with Gasteiger partial charge < -0.3 is 4.98 Å². The third-order valence-electron chi connectivity index (χ3n) is 2.96.